The van der Waals surface area contributed by atoms with Crippen LogP contribution in [0.15, 0.2) is 69.6 Å². The molecule has 1 aliphatic heterocycles. The molecule has 35 heavy (non-hydrogen) atoms. The Balaban J connectivity index is 1.88. The number of esters is 2. The largest absolute Gasteiger partial charge is 0.497 e. The van der Waals surface area contributed by atoms with Crippen LogP contribution in [0.2, 0.25) is 0 Å². The summed E-state index contributed by atoms with van der Waals surface area (Å²) < 4.78 is 17.6. The van der Waals surface area contributed by atoms with E-state index in [0.29, 0.717) is 26.3 Å². The summed E-state index contributed by atoms with van der Waals surface area (Å²) in [7, 11) is 1.59. The van der Waals surface area contributed by atoms with Gasteiger partial charge in [0.15, 0.2) is 4.80 Å². The quantitative estimate of drug-likeness (QED) is 0.388. The van der Waals surface area contributed by atoms with Gasteiger partial charge in [0.1, 0.15) is 11.5 Å². The summed E-state index contributed by atoms with van der Waals surface area (Å²) in [4.78, 5) is 42.9. The number of benzene rings is 2. The number of fused-ring (bicyclic) bond motifs is 1. The molecular weight excluding hydrogens is 468 g/mol. The number of hydrogen-bond acceptors (Lipinski definition) is 8. The van der Waals surface area contributed by atoms with Gasteiger partial charge in [-0.15, -0.1) is 0 Å². The number of allylic oxidation sites excluding steroid dienone is 1. The van der Waals surface area contributed by atoms with Crippen molar-refractivity contribution in [2.75, 3.05) is 13.7 Å². The molecule has 0 spiro atoms. The Morgan fingerprint density at radius 2 is 1.74 bits per heavy atom. The average Bonchev–Trinajstić information content (AvgIpc) is 3.13. The van der Waals surface area contributed by atoms with Gasteiger partial charge in [0.2, 0.25) is 0 Å². The zero-order valence-corrected chi connectivity index (χ0v) is 20.5. The van der Waals surface area contributed by atoms with Crippen LogP contribution in [0.25, 0.3) is 6.08 Å². The van der Waals surface area contributed by atoms with Crippen molar-refractivity contribution in [3.8, 4) is 11.5 Å². The highest BCUT2D eigenvalue weighted by Gasteiger charge is 2.33. The summed E-state index contributed by atoms with van der Waals surface area (Å²) in [6.45, 7) is 4.96. The molecule has 0 fully saturated rings. The van der Waals surface area contributed by atoms with E-state index in [1.54, 1.807) is 51.3 Å². The molecule has 0 saturated carbocycles. The normalized spacial score (nSPS) is 15.3. The number of ether oxygens (including phenoxy) is 3. The lowest BCUT2D eigenvalue weighted by atomic mass is 9.96. The Morgan fingerprint density at radius 3 is 2.34 bits per heavy atom. The minimum Gasteiger partial charge on any atom is -0.497 e. The van der Waals surface area contributed by atoms with Crippen LogP contribution < -0.4 is 24.4 Å². The van der Waals surface area contributed by atoms with Gasteiger partial charge in [0, 0.05) is 6.92 Å². The minimum absolute atomic E-state index is 0.190. The number of carbonyl (C=O) groups excluding carboxylic acids is 2. The molecule has 0 radical (unpaired) electrons. The van der Waals surface area contributed by atoms with Gasteiger partial charge in [-0.2, -0.15) is 0 Å². The summed E-state index contributed by atoms with van der Waals surface area (Å²) >= 11 is 1.25. The molecule has 2 aromatic carbocycles. The van der Waals surface area contributed by atoms with Gasteiger partial charge >= 0.3 is 11.9 Å². The summed E-state index contributed by atoms with van der Waals surface area (Å²) in [6.07, 6.45) is 1.79. The van der Waals surface area contributed by atoms with Gasteiger partial charge in [-0.1, -0.05) is 35.6 Å². The number of thiazole rings is 1. The number of hydrogen-bond donors (Lipinski definition) is 0. The van der Waals surface area contributed by atoms with Crippen LogP contribution in [-0.2, 0) is 14.3 Å². The van der Waals surface area contributed by atoms with E-state index in [1.807, 2.05) is 24.3 Å². The molecule has 0 saturated heterocycles. The maximum atomic E-state index is 13.6. The molecule has 2 heterocycles. The first-order valence-electron chi connectivity index (χ1n) is 10.9. The van der Waals surface area contributed by atoms with Gasteiger partial charge < -0.3 is 14.2 Å². The van der Waals surface area contributed by atoms with Crippen LogP contribution in [0.4, 0.5) is 0 Å². The van der Waals surface area contributed by atoms with Crippen molar-refractivity contribution in [3.63, 3.8) is 0 Å². The van der Waals surface area contributed by atoms with Gasteiger partial charge in [-0.05, 0) is 55.3 Å². The van der Waals surface area contributed by atoms with Crippen LogP contribution in [0.1, 0.15) is 37.9 Å². The number of rotatable bonds is 6. The first-order chi connectivity index (χ1) is 16.8. The van der Waals surface area contributed by atoms with Crippen molar-refractivity contribution >= 4 is 29.4 Å². The maximum Gasteiger partial charge on any atom is 0.338 e. The van der Waals surface area contributed by atoms with Crippen molar-refractivity contribution < 1.29 is 23.8 Å². The van der Waals surface area contributed by atoms with Crippen molar-refractivity contribution in [3.05, 3.63) is 90.6 Å². The third-order valence-electron chi connectivity index (χ3n) is 5.39. The molecule has 0 unspecified atom stereocenters. The van der Waals surface area contributed by atoms with Crippen LogP contribution >= 0.6 is 11.3 Å². The van der Waals surface area contributed by atoms with E-state index in [9.17, 15) is 14.4 Å². The molecule has 8 nitrogen and oxygen atoms in total. The SMILES string of the molecule is CCOC(=O)C1=C(C)N=c2s/c(=C/c3ccc(OC)cc3)c(=O)n2[C@H]1c1ccc(OC(C)=O)cc1. The molecule has 4 rings (SSSR count). The Kier molecular flexibility index (Phi) is 6.97. The first kappa shape index (κ1) is 24.2. The van der Waals surface area contributed by atoms with Crippen molar-refractivity contribution in [1.29, 1.82) is 0 Å². The van der Waals surface area contributed by atoms with E-state index in [2.05, 4.69) is 4.99 Å². The number of methoxy groups -OCH3 is 1. The van der Waals surface area contributed by atoms with Crippen molar-refractivity contribution in [2.24, 2.45) is 4.99 Å². The Morgan fingerprint density at radius 1 is 1.09 bits per heavy atom. The second-order valence-corrected chi connectivity index (χ2v) is 8.75. The van der Waals surface area contributed by atoms with Gasteiger partial charge in [0.05, 0.1) is 35.6 Å². The fraction of sp³-hybridized carbons (Fsp3) is 0.231. The molecule has 0 N–H and O–H groups in total. The molecule has 9 heteroatoms. The highest BCUT2D eigenvalue weighted by molar-refractivity contribution is 7.07. The molecule has 0 bridgehead atoms. The third kappa shape index (κ3) is 4.95. The zero-order chi connectivity index (χ0) is 25.1. The second-order valence-electron chi connectivity index (χ2n) is 7.74. The van der Waals surface area contributed by atoms with E-state index in [4.69, 9.17) is 14.2 Å². The molecular formula is C26H24N2O6S. The fourth-order valence-corrected chi connectivity index (χ4v) is 4.89. The fourth-order valence-electron chi connectivity index (χ4n) is 3.84. The van der Waals surface area contributed by atoms with Crippen molar-refractivity contribution in [1.82, 2.24) is 4.57 Å². The van der Waals surface area contributed by atoms with Gasteiger partial charge in [-0.3, -0.25) is 14.2 Å². The minimum atomic E-state index is -0.741. The molecule has 1 aromatic heterocycles. The summed E-state index contributed by atoms with van der Waals surface area (Å²) in [5.74, 6) is 0.113. The lowest BCUT2D eigenvalue weighted by molar-refractivity contribution is -0.139. The van der Waals surface area contributed by atoms with Crippen LogP contribution in [-0.4, -0.2) is 30.2 Å². The first-order valence-corrected chi connectivity index (χ1v) is 11.8. The summed E-state index contributed by atoms with van der Waals surface area (Å²) in [6, 6.07) is 13.3. The Labute approximate surface area is 205 Å². The topological polar surface area (TPSA) is 96.2 Å². The molecule has 3 aromatic rings. The van der Waals surface area contributed by atoms with E-state index < -0.39 is 18.0 Å². The summed E-state index contributed by atoms with van der Waals surface area (Å²) in [5.41, 5.74) is 1.99. The molecule has 1 atom stereocenters. The number of aromatic nitrogens is 1. The highest BCUT2D eigenvalue weighted by Crippen LogP contribution is 2.31. The Bertz CT molecular complexity index is 1480. The monoisotopic (exact) mass is 492 g/mol. The van der Waals surface area contributed by atoms with Crippen LogP contribution in [0.3, 0.4) is 0 Å². The molecule has 0 aliphatic carbocycles. The predicted octanol–water partition coefficient (Wildman–Crippen LogP) is 2.73. The smallest absolute Gasteiger partial charge is 0.338 e. The second kappa shape index (κ2) is 10.1. The van der Waals surface area contributed by atoms with Crippen LogP contribution in [0.5, 0.6) is 11.5 Å². The zero-order valence-electron chi connectivity index (χ0n) is 19.7. The van der Waals surface area contributed by atoms with E-state index in [-0.39, 0.29) is 17.7 Å². The van der Waals surface area contributed by atoms with E-state index in [1.165, 1.54) is 22.8 Å². The van der Waals surface area contributed by atoms with Gasteiger partial charge in [-0.25, -0.2) is 9.79 Å². The molecule has 0 amide bonds. The van der Waals surface area contributed by atoms with Crippen LogP contribution in [0, 0.1) is 0 Å². The molecule has 1 aliphatic rings. The molecule has 180 valence electrons. The number of nitrogens with zero attached hydrogens (tertiary/aromatic N) is 2. The van der Waals surface area contributed by atoms with E-state index >= 15 is 0 Å². The predicted molar refractivity (Wildman–Crippen MR) is 131 cm³/mol. The average molecular weight is 493 g/mol. The maximum absolute atomic E-state index is 13.6. The lowest BCUT2D eigenvalue weighted by Gasteiger charge is -2.24. The Hall–Kier alpha value is -3.98. The highest BCUT2D eigenvalue weighted by atomic mass is 32.1. The lowest BCUT2D eigenvalue weighted by Crippen LogP contribution is -2.39. The number of carbonyl (C=O) groups is 2. The third-order valence-corrected chi connectivity index (χ3v) is 6.37. The van der Waals surface area contributed by atoms with Crippen molar-refractivity contribution in [2.45, 2.75) is 26.8 Å². The standard InChI is InChI=1S/C26H24N2O6S/c1-5-33-25(31)22-15(2)27-26-28(23(22)18-8-12-20(13-9-18)34-16(3)29)24(30)21(35-26)14-17-6-10-19(32-4)11-7-17/h6-14,23H,5H2,1-4H3/b21-14+/t23-/m0/s1. The summed E-state index contributed by atoms with van der Waals surface area (Å²) in [5, 5.41) is 0. The van der Waals surface area contributed by atoms with Gasteiger partial charge in [0.25, 0.3) is 5.56 Å². The van der Waals surface area contributed by atoms with E-state index in [0.717, 1.165) is 11.3 Å².